The summed E-state index contributed by atoms with van der Waals surface area (Å²) < 4.78 is 3.73. The fourth-order valence-electron chi connectivity index (χ4n) is 1.32. The molecule has 2 aromatic rings. The minimum absolute atomic E-state index is 0.571. The number of aromatic nitrogens is 5. The van der Waals surface area contributed by atoms with Gasteiger partial charge in [-0.15, -0.1) is 16.7 Å². The number of hydrogen-bond donors (Lipinski definition) is 0. The van der Waals surface area contributed by atoms with Gasteiger partial charge in [0, 0.05) is 37.9 Å². The molecule has 5 nitrogen and oxygen atoms in total. The normalized spacial score (nSPS) is 10.8. The number of halogens is 1. The molecule has 0 unspecified atom stereocenters. The van der Waals surface area contributed by atoms with Crippen LogP contribution < -0.4 is 0 Å². The smallest absolute Gasteiger partial charge is 0.130 e. The molecule has 0 bridgehead atoms. The van der Waals surface area contributed by atoms with E-state index in [0.717, 1.165) is 17.9 Å². The van der Waals surface area contributed by atoms with Crippen molar-refractivity contribution in [2.24, 2.45) is 7.05 Å². The molecule has 2 aromatic heterocycles. The minimum Gasteiger partial charge on any atom is -0.336 e. The van der Waals surface area contributed by atoms with Gasteiger partial charge in [-0.1, -0.05) is 5.21 Å². The van der Waals surface area contributed by atoms with Crippen molar-refractivity contribution >= 4 is 11.6 Å². The summed E-state index contributed by atoms with van der Waals surface area (Å²) in [7, 11) is 1.96. The lowest BCUT2D eigenvalue weighted by Gasteiger charge is -1.99. The third kappa shape index (κ3) is 2.36. The monoisotopic (exact) mass is 225 g/mol. The molecule has 80 valence electrons. The molecule has 0 radical (unpaired) electrons. The first-order valence-corrected chi connectivity index (χ1v) is 5.24. The van der Waals surface area contributed by atoms with Crippen molar-refractivity contribution in [3.05, 3.63) is 30.1 Å². The van der Waals surface area contributed by atoms with Crippen LogP contribution in [0.1, 0.15) is 11.5 Å². The second kappa shape index (κ2) is 4.44. The quantitative estimate of drug-likeness (QED) is 0.725. The summed E-state index contributed by atoms with van der Waals surface area (Å²) >= 11 is 5.62. The van der Waals surface area contributed by atoms with Gasteiger partial charge in [0.15, 0.2) is 0 Å². The molecular formula is C9H12ClN5. The van der Waals surface area contributed by atoms with Crippen LogP contribution in [0.4, 0.5) is 0 Å². The number of alkyl halides is 1. The number of hydrogen-bond acceptors (Lipinski definition) is 3. The lowest BCUT2D eigenvalue weighted by Crippen LogP contribution is -2.06. The first-order valence-electron chi connectivity index (χ1n) is 4.71. The Hall–Kier alpha value is -1.36. The zero-order chi connectivity index (χ0) is 10.7. The standard InChI is InChI=1S/C9H12ClN5/c1-14-5-4-11-9(14)7-15-6-8(2-3-10)12-13-15/h4-6H,2-3,7H2,1H3. The molecule has 2 rings (SSSR count). The van der Waals surface area contributed by atoms with Gasteiger partial charge in [0.25, 0.3) is 0 Å². The van der Waals surface area contributed by atoms with Crippen molar-refractivity contribution in [1.29, 1.82) is 0 Å². The molecule has 0 N–H and O–H groups in total. The summed E-state index contributed by atoms with van der Waals surface area (Å²) in [5.41, 5.74) is 0.916. The van der Waals surface area contributed by atoms with Gasteiger partial charge in [-0.2, -0.15) is 0 Å². The van der Waals surface area contributed by atoms with Crippen molar-refractivity contribution < 1.29 is 0 Å². The number of aryl methyl sites for hydroxylation is 2. The Morgan fingerprint density at radius 1 is 1.47 bits per heavy atom. The number of imidazole rings is 1. The molecule has 6 heteroatoms. The van der Waals surface area contributed by atoms with Gasteiger partial charge in [0.1, 0.15) is 12.4 Å². The van der Waals surface area contributed by atoms with Crippen LogP contribution in [0, 0.1) is 0 Å². The lowest BCUT2D eigenvalue weighted by molar-refractivity contribution is 0.607. The third-order valence-corrected chi connectivity index (χ3v) is 2.35. The second-order valence-electron chi connectivity index (χ2n) is 3.30. The molecule has 0 aliphatic carbocycles. The van der Waals surface area contributed by atoms with Gasteiger partial charge < -0.3 is 4.57 Å². The van der Waals surface area contributed by atoms with E-state index in [-0.39, 0.29) is 0 Å². The average molecular weight is 226 g/mol. The maximum absolute atomic E-state index is 5.62. The highest BCUT2D eigenvalue weighted by atomic mass is 35.5. The first-order chi connectivity index (χ1) is 7.29. The largest absolute Gasteiger partial charge is 0.336 e. The van der Waals surface area contributed by atoms with Crippen LogP contribution in [0.3, 0.4) is 0 Å². The predicted octanol–water partition coefficient (Wildman–Crippen LogP) is 0.841. The predicted molar refractivity (Wildman–Crippen MR) is 56.8 cm³/mol. The van der Waals surface area contributed by atoms with Crippen molar-refractivity contribution in [3.8, 4) is 0 Å². The van der Waals surface area contributed by atoms with E-state index in [2.05, 4.69) is 15.3 Å². The zero-order valence-corrected chi connectivity index (χ0v) is 9.22. The number of rotatable bonds is 4. The van der Waals surface area contributed by atoms with E-state index in [4.69, 9.17) is 11.6 Å². The molecule has 0 fully saturated rings. The van der Waals surface area contributed by atoms with Gasteiger partial charge in [0.05, 0.1) is 5.69 Å². The Bertz CT molecular complexity index is 433. The van der Waals surface area contributed by atoms with E-state index in [1.54, 1.807) is 10.9 Å². The molecule has 0 saturated carbocycles. The highest BCUT2D eigenvalue weighted by molar-refractivity contribution is 6.17. The molecule has 0 saturated heterocycles. The molecule has 2 heterocycles. The summed E-state index contributed by atoms with van der Waals surface area (Å²) in [5, 5.41) is 8.01. The van der Waals surface area contributed by atoms with Crippen LogP contribution in [0.15, 0.2) is 18.6 Å². The summed E-state index contributed by atoms with van der Waals surface area (Å²) in [4.78, 5) is 4.21. The summed E-state index contributed by atoms with van der Waals surface area (Å²) in [6.07, 6.45) is 6.33. The van der Waals surface area contributed by atoms with Gasteiger partial charge in [-0.3, -0.25) is 0 Å². The lowest BCUT2D eigenvalue weighted by atomic mass is 10.4. The topological polar surface area (TPSA) is 48.5 Å². The Kier molecular flexibility index (Phi) is 3.01. The van der Waals surface area contributed by atoms with E-state index in [9.17, 15) is 0 Å². The van der Waals surface area contributed by atoms with E-state index >= 15 is 0 Å². The molecule has 15 heavy (non-hydrogen) atoms. The van der Waals surface area contributed by atoms with E-state index in [1.807, 2.05) is 24.0 Å². The minimum atomic E-state index is 0.571. The van der Waals surface area contributed by atoms with Crippen LogP contribution in [0.25, 0.3) is 0 Å². The fraction of sp³-hybridized carbons (Fsp3) is 0.444. The van der Waals surface area contributed by atoms with E-state index in [1.165, 1.54) is 0 Å². The molecule has 0 spiro atoms. The highest BCUT2D eigenvalue weighted by Crippen LogP contribution is 2.00. The molecule has 0 atom stereocenters. The van der Waals surface area contributed by atoms with Crippen LogP contribution in [-0.4, -0.2) is 30.4 Å². The molecule has 0 aliphatic heterocycles. The average Bonchev–Trinajstić information content (AvgIpc) is 2.79. The SMILES string of the molecule is Cn1ccnc1Cn1cc(CCCl)nn1. The van der Waals surface area contributed by atoms with E-state index < -0.39 is 0 Å². The fourth-order valence-corrected chi connectivity index (χ4v) is 1.51. The summed E-state index contributed by atoms with van der Waals surface area (Å²) in [6.45, 7) is 0.638. The van der Waals surface area contributed by atoms with Gasteiger partial charge >= 0.3 is 0 Å². The van der Waals surface area contributed by atoms with Crippen molar-refractivity contribution in [2.45, 2.75) is 13.0 Å². The maximum Gasteiger partial charge on any atom is 0.130 e. The maximum atomic E-state index is 5.62. The highest BCUT2D eigenvalue weighted by Gasteiger charge is 2.03. The van der Waals surface area contributed by atoms with Crippen LogP contribution >= 0.6 is 11.6 Å². The van der Waals surface area contributed by atoms with Crippen molar-refractivity contribution in [1.82, 2.24) is 24.5 Å². The Morgan fingerprint density at radius 3 is 3.00 bits per heavy atom. The number of nitrogens with zero attached hydrogens (tertiary/aromatic N) is 5. The Morgan fingerprint density at radius 2 is 2.33 bits per heavy atom. The van der Waals surface area contributed by atoms with Crippen molar-refractivity contribution in [2.75, 3.05) is 5.88 Å². The molecule has 0 aliphatic rings. The summed E-state index contributed by atoms with van der Waals surface area (Å²) in [6, 6.07) is 0. The van der Waals surface area contributed by atoms with Crippen LogP contribution in [0.5, 0.6) is 0 Å². The van der Waals surface area contributed by atoms with Crippen LogP contribution in [-0.2, 0) is 20.0 Å². The van der Waals surface area contributed by atoms with Gasteiger partial charge in [-0.25, -0.2) is 9.67 Å². The first kappa shape index (κ1) is 10.2. The Balaban J connectivity index is 2.08. The van der Waals surface area contributed by atoms with Gasteiger partial charge in [0.2, 0.25) is 0 Å². The summed E-state index contributed by atoms with van der Waals surface area (Å²) in [5.74, 6) is 1.53. The molecule has 0 aromatic carbocycles. The van der Waals surface area contributed by atoms with Gasteiger partial charge in [-0.05, 0) is 0 Å². The third-order valence-electron chi connectivity index (χ3n) is 2.16. The van der Waals surface area contributed by atoms with Crippen molar-refractivity contribution in [3.63, 3.8) is 0 Å². The molecule has 0 amide bonds. The second-order valence-corrected chi connectivity index (χ2v) is 3.68. The van der Waals surface area contributed by atoms with Crippen LogP contribution in [0.2, 0.25) is 0 Å². The Labute approximate surface area is 92.7 Å². The zero-order valence-electron chi connectivity index (χ0n) is 8.47. The molecular weight excluding hydrogens is 214 g/mol. The van der Waals surface area contributed by atoms with E-state index in [0.29, 0.717) is 12.4 Å².